The molecule has 2 atom stereocenters. The third-order valence-electron chi connectivity index (χ3n) is 2.84. The van der Waals surface area contributed by atoms with Crippen LogP contribution in [0.25, 0.3) is 0 Å². The van der Waals surface area contributed by atoms with E-state index in [0.717, 1.165) is 18.2 Å². The van der Waals surface area contributed by atoms with Gasteiger partial charge in [0.15, 0.2) is 0 Å². The molecule has 0 aromatic heterocycles. The molecule has 0 aliphatic rings. The molecule has 0 aliphatic carbocycles. The number of phenols is 1. The number of carbonyl (C=O) groups is 2. The number of likely N-dealkylation sites (N-methyl/N-ethyl adjacent to an activating group) is 1. The van der Waals surface area contributed by atoms with E-state index in [1.165, 1.54) is 6.92 Å². The van der Waals surface area contributed by atoms with Crippen molar-refractivity contribution in [2.75, 3.05) is 6.54 Å². The van der Waals surface area contributed by atoms with Crippen LogP contribution in [0.1, 0.15) is 24.2 Å². The molecule has 4 N–H and O–H groups in total. The highest BCUT2D eigenvalue weighted by Gasteiger charge is 2.26. The van der Waals surface area contributed by atoms with Gasteiger partial charge in [-0.2, -0.15) is 0 Å². The molecule has 9 heteroatoms. The second kappa shape index (κ2) is 7.36. The molecule has 0 bridgehead atoms. The Balaban J connectivity index is 2.95. The maximum absolute atomic E-state index is 12.0. The standard InChI is InChI=1S/C13H17N3O6/c1-3-14-13(20)11(7(2)17)15-12(19)9-5-4-8(16(21)22)6-10(9)18/h4-7,11,17-18H,3H2,1-2H3,(H,14,20)(H,15,19)/t7-,11+/m1/s1. The van der Waals surface area contributed by atoms with Crippen molar-refractivity contribution >= 4 is 17.5 Å². The van der Waals surface area contributed by atoms with E-state index in [-0.39, 0.29) is 11.3 Å². The Morgan fingerprint density at radius 2 is 2.05 bits per heavy atom. The average molecular weight is 311 g/mol. The zero-order valence-electron chi connectivity index (χ0n) is 12.1. The van der Waals surface area contributed by atoms with Crippen LogP contribution in [0, 0.1) is 10.1 Å². The Morgan fingerprint density at radius 3 is 2.50 bits per heavy atom. The lowest BCUT2D eigenvalue weighted by Crippen LogP contribution is -2.52. The predicted octanol–water partition coefficient (Wildman–Crippen LogP) is -0.0843. The number of nitrogens with zero attached hydrogens (tertiary/aromatic N) is 1. The van der Waals surface area contributed by atoms with E-state index in [2.05, 4.69) is 10.6 Å². The molecule has 0 radical (unpaired) electrons. The molecule has 0 saturated heterocycles. The summed E-state index contributed by atoms with van der Waals surface area (Å²) in [4.78, 5) is 33.6. The summed E-state index contributed by atoms with van der Waals surface area (Å²) in [5.74, 6) is -2.00. The van der Waals surface area contributed by atoms with Crippen molar-refractivity contribution in [2.45, 2.75) is 26.0 Å². The number of aromatic hydroxyl groups is 1. The van der Waals surface area contributed by atoms with Crippen LogP contribution in [0.3, 0.4) is 0 Å². The van der Waals surface area contributed by atoms with Gasteiger partial charge in [0.2, 0.25) is 5.91 Å². The molecule has 0 fully saturated rings. The van der Waals surface area contributed by atoms with E-state index in [4.69, 9.17) is 0 Å². The van der Waals surface area contributed by atoms with Crippen molar-refractivity contribution in [3.05, 3.63) is 33.9 Å². The fourth-order valence-electron chi connectivity index (χ4n) is 1.73. The zero-order valence-corrected chi connectivity index (χ0v) is 12.1. The summed E-state index contributed by atoms with van der Waals surface area (Å²) in [5, 5.41) is 34.5. The molecule has 120 valence electrons. The van der Waals surface area contributed by atoms with Crippen LogP contribution in [-0.2, 0) is 4.79 Å². The number of non-ortho nitro benzene ring substituents is 1. The molecule has 0 unspecified atom stereocenters. The van der Waals surface area contributed by atoms with Crippen molar-refractivity contribution in [1.82, 2.24) is 10.6 Å². The van der Waals surface area contributed by atoms with Gasteiger partial charge >= 0.3 is 0 Å². The molecule has 1 rings (SSSR count). The number of rotatable bonds is 6. The van der Waals surface area contributed by atoms with E-state index >= 15 is 0 Å². The van der Waals surface area contributed by atoms with Crippen molar-refractivity contribution in [3.8, 4) is 5.75 Å². The van der Waals surface area contributed by atoms with Crippen LogP contribution >= 0.6 is 0 Å². The van der Waals surface area contributed by atoms with Crippen LogP contribution in [0.15, 0.2) is 18.2 Å². The number of nitrogens with one attached hydrogen (secondary N) is 2. The number of aliphatic hydroxyl groups is 1. The number of carbonyl (C=O) groups excluding carboxylic acids is 2. The van der Waals surface area contributed by atoms with Gasteiger partial charge < -0.3 is 20.8 Å². The van der Waals surface area contributed by atoms with E-state index < -0.39 is 34.6 Å². The van der Waals surface area contributed by atoms with E-state index in [0.29, 0.717) is 6.54 Å². The second-order valence-electron chi connectivity index (χ2n) is 4.54. The smallest absolute Gasteiger partial charge is 0.273 e. The molecule has 9 nitrogen and oxygen atoms in total. The van der Waals surface area contributed by atoms with Gasteiger partial charge in [-0.3, -0.25) is 19.7 Å². The van der Waals surface area contributed by atoms with Crippen molar-refractivity contribution in [1.29, 1.82) is 0 Å². The minimum atomic E-state index is -1.21. The van der Waals surface area contributed by atoms with E-state index in [1.807, 2.05) is 0 Å². The molecule has 2 amide bonds. The Kier molecular flexibility index (Phi) is 5.81. The summed E-state index contributed by atoms with van der Waals surface area (Å²) >= 11 is 0. The first-order chi connectivity index (χ1) is 10.3. The number of hydrogen-bond acceptors (Lipinski definition) is 6. The normalized spacial score (nSPS) is 13.0. The van der Waals surface area contributed by atoms with Crippen molar-refractivity contribution < 1.29 is 24.7 Å². The summed E-state index contributed by atoms with van der Waals surface area (Å²) < 4.78 is 0. The molecular weight excluding hydrogens is 294 g/mol. The van der Waals surface area contributed by atoms with E-state index in [1.54, 1.807) is 6.92 Å². The molecule has 22 heavy (non-hydrogen) atoms. The summed E-state index contributed by atoms with van der Waals surface area (Å²) in [6.07, 6.45) is -1.16. The number of phenolic OH excluding ortho intramolecular Hbond substituents is 1. The first-order valence-electron chi connectivity index (χ1n) is 6.52. The molecule has 1 aromatic rings. The summed E-state index contributed by atoms with van der Waals surface area (Å²) in [7, 11) is 0. The lowest BCUT2D eigenvalue weighted by Gasteiger charge is -2.20. The third kappa shape index (κ3) is 4.16. The maximum Gasteiger partial charge on any atom is 0.273 e. The predicted molar refractivity (Wildman–Crippen MR) is 76.4 cm³/mol. The lowest BCUT2D eigenvalue weighted by molar-refractivity contribution is -0.384. The van der Waals surface area contributed by atoms with Gasteiger partial charge in [0, 0.05) is 12.6 Å². The number of aliphatic hydroxyl groups excluding tert-OH is 1. The fraction of sp³-hybridized carbons (Fsp3) is 0.385. The van der Waals surface area contributed by atoms with Crippen LogP contribution in [-0.4, -0.2) is 45.6 Å². The Bertz CT molecular complexity index is 587. The van der Waals surface area contributed by atoms with Crippen molar-refractivity contribution in [2.24, 2.45) is 0 Å². The molecule has 0 saturated carbocycles. The van der Waals surface area contributed by atoms with Gasteiger partial charge in [-0.15, -0.1) is 0 Å². The number of amides is 2. The number of benzene rings is 1. The summed E-state index contributed by atoms with van der Waals surface area (Å²) in [6.45, 7) is 3.33. The number of nitro groups is 1. The van der Waals surface area contributed by atoms with Gasteiger partial charge in [0.25, 0.3) is 11.6 Å². The Hall–Kier alpha value is -2.68. The van der Waals surface area contributed by atoms with Crippen LogP contribution in [0.5, 0.6) is 5.75 Å². The van der Waals surface area contributed by atoms with Gasteiger partial charge in [-0.1, -0.05) is 0 Å². The van der Waals surface area contributed by atoms with Gasteiger partial charge in [-0.25, -0.2) is 0 Å². The van der Waals surface area contributed by atoms with Crippen LogP contribution < -0.4 is 10.6 Å². The zero-order chi connectivity index (χ0) is 16.9. The number of hydrogen-bond donors (Lipinski definition) is 4. The average Bonchev–Trinajstić information content (AvgIpc) is 2.43. The van der Waals surface area contributed by atoms with Gasteiger partial charge in [-0.05, 0) is 19.9 Å². The van der Waals surface area contributed by atoms with Crippen molar-refractivity contribution in [3.63, 3.8) is 0 Å². The largest absolute Gasteiger partial charge is 0.507 e. The first-order valence-corrected chi connectivity index (χ1v) is 6.52. The van der Waals surface area contributed by atoms with Gasteiger partial charge in [0.1, 0.15) is 11.8 Å². The Labute approximate surface area is 126 Å². The maximum atomic E-state index is 12.0. The quantitative estimate of drug-likeness (QED) is 0.427. The van der Waals surface area contributed by atoms with E-state index in [9.17, 15) is 29.9 Å². The van der Waals surface area contributed by atoms with Crippen LogP contribution in [0.4, 0.5) is 5.69 Å². The minimum Gasteiger partial charge on any atom is -0.507 e. The monoisotopic (exact) mass is 311 g/mol. The second-order valence-corrected chi connectivity index (χ2v) is 4.54. The first kappa shape index (κ1) is 17.4. The highest BCUT2D eigenvalue weighted by atomic mass is 16.6. The van der Waals surface area contributed by atoms with Gasteiger partial charge in [0.05, 0.1) is 22.7 Å². The minimum absolute atomic E-state index is 0.236. The van der Waals surface area contributed by atoms with Crippen LogP contribution in [0.2, 0.25) is 0 Å². The highest BCUT2D eigenvalue weighted by molar-refractivity contribution is 6.00. The fourth-order valence-corrected chi connectivity index (χ4v) is 1.73. The highest BCUT2D eigenvalue weighted by Crippen LogP contribution is 2.23. The SMILES string of the molecule is CCNC(=O)[C@@H](NC(=O)c1ccc([N+](=O)[O-])cc1O)[C@@H](C)O. The Morgan fingerprint density at radius 1 is 1.41 bits per heavy atom. The topological polar surface area (TPSA) is 142 Å². The molecule has 0 spiro atoms. The summed E-state index contributed by atoms with van der Waals surface area (Å²) in [6, 6.07) is 1.75. The molecule has 1 aromatic carbocycles. The summed E-state index contributed by atoms with van der Waals surface area (Å²) in [5.41, 5.74) is -0.606. The lowest BCUT2D eigenvalue weighted by atomic mass is 10.1. The molecule has 0 aliphatic heterocycles. The third-order valence-corrected chi connectivity index (χ3v) is 2.84. The molecular formula is C13H17N3O6. The molecule has 0 heterocycles. The number of nitro benzene ring substituents is 1.